The van der Waals surface area contributed by atoms with Crippen molar-refractivity contribution < 1.29 is 0 Å². The minimum absolute atomic E-state index is 0.925. The van der Waals surface area contributed by atoms with Crippen molar-refractivity contribution in [1.29, 1.82) is 0 Å². The molecule has 3 aromatic rings. The molecule has 2 heteroatoms. The van der Waals surface area contributed by atoms with Crippen LogP contribution in [-0.2, 0) is 6.42 Å². The molecule has 0 fully saturated rings. The average Bonchev–Trinajstić information content (AvgIpc) is 2.63. The molecule has 0 unspecified atom stereocenters. The van der Waals surface area contributed by atoms with E-state index >= 15 is 0 Å². The summed E-state index contributed by atoms with van der Waals surface area (Å²) in [6.07, 6.45) is 8.01. The molecule has 1 aliphatic rings. The Balaban J connectivity index is 1.59. The lowest BCUT2D eigenvalue weighted by molar-refractivity contribution is 0.901. The highest BCUT2D eigenvalue weighted by molar-refractivity contribution is 5.84. The van der Waals surface area contributed by atoms with Crippen LogP contribution >= 0.6 is 0 Å². The van der Waals surface area contributed by atoms with E-state index in [2.05, 4.69) is 64.6 Å². The molecule has 2 heterocycles. The number of hydrogen-bond donors (Lipinski definition) is 0. The topological polar surface area (TPSA) is 25.2 Å². The summed E-state index contributed by atoms with van der Waals surface area (Å²) in [7, 11) is 0. The Morgan fingerprint density at radius 3 is 2.61 bits per heavy atom. The first-order chi connectivity index (χ1) is 11.4. The number of hydrogen-bond acceptors (Lipinski definition) is 2. The molecule has 0 aliphatic carbocycles. The van der Waals surface area contributed by atoms with Gasteiger partial charge in [-0.2, -0.15) is 0 Å². The van der Waals surface area contributed by atoms with Gasteiger partial charge in [0.15, 0.2) is 0 Å². The maximum Gasteiger partial charge on any atom is 0.0708 e. The van der Waals surface area contributed by atoms with Gasteiger partial charge in [0.2, 0.25) is 0 Å². The van der Waals surface area contributed by atoms with Crippen molar-refractivity contribution in [3.8, 4) is 11.1 Å². The first-order valence-electron chi connectivity index (χ1n) is 8.00. The Hall–Kier alpha value is -2.74. The van der Waals surface area contributed by atoms with Crippen LogP contribution in [0.15, 0.2) is 77.4 Å². The number of benzene rings is 2. The van der Waals surface area contributed by atoms with E-state index in [0.717, 1.165) is 24.9 Å². The number of fused-ring (bicyclic) bond motifs is 1. The van der Waals surface area contributed by atoms with E-state index in [1.807, 2.05) is 18.5 Å². The van der Waals surface area contributed by atoms with Crippen molar-refractivity contribution in [2.75, 3.05) is 6.54 Å². The van der Waals surface area contributed by atoms with Gasteiger partial charge < -0.3 is 0 Å². The van der Waals surface area contributed by atoms with E-state index in [-0.39, 0.29) is 0 Å². The van der Waals surface area contributed by atoms with Gasteiger partial charge >= 0.3 is 0 Å². The maximum atomic E-state index is 4.44. The molecule has 0 N–H and O–H groups in total. The minimum atomic E-state index is 0.925. The molecule has 0 spiro atoms. The van der Waals surface area contributed by atoms with E-state index in [0.29, 0.717) is 0 Å². The number of dihydropyridines is 1. The zero-order valence-corrected chi connectivity index (χ0v) is 12.9. The number of allylic oxidation sites excluding steroid dienone is 1. The van der Waals surface area contributed by atoms with Crippen molar-refractivity contribution in [3.63, 3.8) is 0 Å². The van der Waals surface area contributed by atoms with Crippen LogP contribution in [-0.4, -0.2) is 17.7 Å². The molecule has 2 aromatic carbocycles. The fourth-order valence-electron chi connectivity index (χ4n) is 2.99. The SMILES string of the molecule is C1=NCCC(Cc2ccc(-c3ccc4cccnc4c3)cc2)=C1. The molecule has 0 saturated heterocycles. The standard InChI is InChI=1S/C21H18N2/c1-2-19-7-8-20(15-21(19)23-11-1)18-5-3-16(4-6-18)14-17-9-12-22-13-10-17/h1-9,11-12,15H,10,13-14H2. The Kier molecular flexibility index (Phi) is 3.73. The number of rotatable bonds is 3. The van der Waals surface area contributed by atoms with Crippen LogP contribution in [0.4, 0.5) is 0 Å². The molecule has 1 aliphatic heterocycles. The summed E-state index contributed by atoms with van der Waals surface area (Å²) in [5.74, 6) is 0. The number of nitrogens with zero attached hydrogens (tertiary/aromatic N) is 2. The van der Waals surface area contributed by atoms with Crippen LogP contribution in [0.5, 0.6) is 0 Å². The molecule has 4 rings (SSSR count). The van der Waals surface area contributed by atoms with Gasteiger partial charge in [-0.05, 0) is 47.7 Å². The molecule has 23 heavy (non-hydrogen) atoms. The van der Waals surface area contributed by atoms with Crippen molar-refractivity contribution in [1.82, 2.24) is 4.98 Å². The molecule has 0 amide bonds. The summed E-state index contributed by atoms with van der Waals surface area (Å²) in [5.41, 5.74) is 6.31. The average molecular weight is 298 g/mol. The van der Waals surface area contributed by atoms with Gasteiger partial charge in [0.1, 0.15) is 0 Å². The van der Waals surface area contributed by atoms with Crippen LogP contribution in [0.3, 0.4) is 0 Å². The first-order valence-corrected chi connectivity index (χ1v) is 8.00. The zero-order valence-electron chi connectivity index (χ0n) is 12.9. The molecule has 1 aromatic heterocycles. The van der Waals surface area contributed by atoms with E-state index in [9.17, 15) is 0 Å². The predicted molar refractivity (Wildman–Crippen MR) is 96.9 cm³/mol. The zero-order chi connectivity index (χ0) is 15.5. The van der Waals surface area contributed by atoms with Crippen molar-refractivity contribution in [2.24, 2.45) is 4.99 Å². The predicted octanol–water partition coefficient (Wildman–Crippen LogP) is 4.85. The lowest BCUT2D eigenvalue weighted by Gasteiger charge is -2.10. The van der Waals surface area contributed by atoms with Crippen LogP contribution in [0.1, 0.15) is 12.0 Å². The number of aromatic nitrogens is 1. The molecular formula is C21H18N2. The van der Waals surface area contributed by atoms with Crippen LogP contribution in [0.2, 0.25) is 0 Å². The largest absolute Gasteiger partial charge is 0.293 e. The van der Waals surface area contributed by atoms with Gasteiger partial charge in [0, 0.05) is 24.3 Å². The van der Waals surface area contributed by atoms with Crippen LogP contribution in [0, 0.1) is 0 Å². The molecule has 0 bridgehead atoms. The molecule has 0 atom stereocenters. The number of aliphatic imine (C=N–C) groups is 1. The maximum absolute atomic E-state index is 4.44. The first kappa shape index (κ1) is 13.9. The third kappa shape index (κ3) is 3.07. The second-order valence-electron chi connectivity index (χ2n) is 5.91. The Morgan fingerprint density at radius 1 is 0.913 bits per heavy atom. The Morgan fingerprint density at radius 2 is 1.78 bits per heavy atom. The van der Waals surface area contributed by atoms with Crippen molar-refractivity contribution in [2.45, 2.75) is 12.8 Å². The fraction of sp³-hybridized carbons (Fsp3) is 0.143. The van der Waals surface area contributed by atoms with E-state index in [4.69, 9.17) is 0 Å². The van der Waals surface area contributed by atoms with E-state index in [1.54, 1.807) is 0 Å². The third-order valence-electron chi connectivity index (χ3n) is 4.30. The summed E-state index contributed by atoms with van der Waals surface area (Å²) < 4.78 is 0. The summed E-state index contributed by atoms with van der Waals surface area (Å²) in [6.45, 7) is 0.925. The van der Waals surface area contributed by atoms with Crippen LogP contribution in [0.25, 0.3) is 22.0 Å². The summed E-state index contributed by atoms with van der Waals surface area (Å²) in [4.78, 5) is 8.68. The highest BCUT2D eigenvalue weighted by Crippen LogP contribution is 2.24. The lowest BCUT2D eigenvalue weighted by atomic mass is 9.98. The Labute approximate surface area is 136 Å². The molecule has 0 saturated carbocycles. The lowest BCUT2D eigenvalue weighted by Crippen LogP contribution is -1.98. The summed E-state index contributed by atoms with van der Waals surface area (Å²) in [6, 6.07) is 19.4. The van der Waals surface area contributed by atoms with Crippen molar-refractivity contribution in [3.05, 3.63) is 78.0 Å². The van der Waals surface area contributed by atoms with Gasteiger partial charge in [-0.3, -0.25) is 9.98 Å². The molecule has 2 nitrogen and oxygen atoms in total. The molecule has 112 valence electrons. The smallest absolute Gasteiger partial charge is 0.0708 e. The van der Waals surface area contributed by atoms with Gasteiger partial charge in [-0.15, -0.1) is 0 Å². The third-order valence-corrected chi connectivity index (χ3v) is 4.30. The van der Waals surface area contributed by atoms with Gasteiger partial charge in [0.05, 0.1) is 5.52 Å². The Bertz CT molecular complexity index is 889. The summed E-state index contributed by atoms with van der Waals surface area (Å²) in [5, 5.41) is 1.18. The minimum Gasteiger partial charge on any atom is -0.293 e. The van der Waals surface area contributed by atoms with Gasteiger partial charge in [-0.25, -0.2) is 0 Å². The summed E-state index contributed by atoms with van der Waals surface area (Å²) >= 11 is 0. The molecular weight excluding hydrogens is 280 g/mol. The number of pyridine rings is 1. The van der Waals surface area contributed by atoms with Crippen LogP contribution < -0.4 is 0 Å². The van der Waals surface area contributed by atoms with Crippen molar-refractivity contribution >= 4 is 17.1 Å². The van der Waals surface area contributed by atoms with Gasteiger partial charge in [0.25, 0.3) is 0 Å². The second kappa shape index (κ2) is 6.17. The second-order valence-corrected chi connectivity index (χ2v) is 5.91. The quantitative estimate of drug-likeness (QED) is 0.679. The van der Waals surface area contributed by atoms with E-state index in [1.165, 1.54) is 27.6 Å². The highest BCUT2D eigenvalue weighted by atomic mass is 14.7. The van der Waals surface area contributed by atoms with E-state index < -0.39 is 0 Å². The highest BCUT2D eigenvalue weighted by Gasteiger charge is 2.04. The fourth-order valence-corrected chi connectivity index (χ4v) is 2.99. The normalized spacial score (nSPS) is 14.0. The van der Waals surface area contributed by atoms with Gasteiger partial charge in [-0.1, -0.05) is 48.0 Å². The monoisotopic (exact) mass is 298 g/mol. The molecule has 0 radical (unpaired) electrons.